The lowest BCUT2D eigenvalue weighted by Crippen LogP contribution is -1.95. The van der Waals surface area contributed by atoms with E-state index in [0.717, 1.165) is 0 Å². The van der Waals surface area contributed by atoms with E-state index in [1.807, 2.05) is 0 Å². The number of rotatable bonds is 2. The molecule has 0 aliphatic rings. The summed E-state index contributed by atoms with van der Waals surface area (Å²) >= 11 is 0. The zero-order valence-corrected chi connectivity index (χ0v) is 8.77. The molecule has 1 aromatic carbocycles. The van der Waals surface area contributed by atoms with Crippen molar-refractivity contribution in [1.29, 1.82) is 0 Å². The molecule has 2 aromatic rings. The Morgan fingerprint density at radius 2 is 2.12 bits per heavy atom. The van der Waals surface area contributed by atoms with E-state index < -0.39 is 0 Å². The second-order valence-corrected chi connectivity index (χ2v) is 3.29. The summed E-state index contributed by atoms with van der Waals surface area (Å²) in [6, 6.07) is 7.76. The lowest BCUT2D eigenvalue weighted by atomic mass is 10.1. The zero-order chi connectivity index (χ0) is 11.5. The highest BCUT2D eigenvalue weighted by Crippen LogP contribution is 2.31. The second-order valence-electron chi connectivity index (χ2n) is 3.29. The molecule has 0 unspecified atom stereocenters. The topological polar surface area (TPSA) is 48.1 Å². The van der Waals surface area contributed by atoms with Gasteiger partial charge in [0.25, 0.3) is 0 Å². The van der Waals surface area contributed by atoms with Crippen molar-refractivity contribution >= 4 is 5.69 Å². The Hall–Kier alpha value is -2.10. The molecule has 0 bridgehead atoms. The van der Waals surface area contributed by atoms with Gasteiger partial charge in [0.15, 0.2) is 0 Å². The maximum absolute atomic E-state index is 12.9. The predicted octanol–water partition coefficient (Wildman–Crippen LogP) is 2.48. The average Bonchev–Trinajstić information content (AvgIpc) is 2.29. The molecule has 0 amide bonds. The van der Waals surface area contributed by atoms with E-state index in [9.17, 15) is 4.39 Å². The van der Waals surface area contributed by atoms with Crippen LogP contribution in [0.5, 0.6) is 5.75 Å². The molecule has 2 rings (SSSR count). The van der Waals surface area contributed by atoms with E-state index in [-0.39, 0.29) is 5.82 Å². The number of pyridine rings is 1. The van der Waals surface area contributed by atoms with Crippen LogP contribution in [-0.4, -0.2) is 12.1 Å². The van der Waals surface area contributed by atoms with Gasteiger partial charge < -0.3 is 10.5 Å². The van der Waals surface area contributed by atoms with Crippen molar-refractivity contribution in [3.05, 3.63) is 42.3 Å². The average molecular weight is 218 g/mol. The van der Waals surface area contributed by atoms with Crippen molar-refractivity contribution in [1.82, 2.24) is 4.98 Å². The summed E-state index contributed by atoms with van der Waals surface area (Å²) in [6.45, 7) is 0. The number of benzene rings is 1. The van der Waals surface area contributed by atoms with Crippen molar-refractivity contribution in [2.24, 2.45) is 0 Å². The molecule has 16 heavy (non-hydrogen) atoms. The van der Waals surface area contributed by atoms with Gasteiger partial charge in [-0.15, -0.1) is 0 Å². The van der Waals surface area contributed by atoms with Crippen LogP contribution in [0.2, 0.25) is 0 Å². The number of nitrogen functional groups attached to an aromatic ring is 1. The smallest absolute Gasteiger partial charge is 0.145 e. The number of anilines is 1. The van der Waals surface area contributed by atoms with Gasteiger partial charge in [-0.1, -0.05) is 0 Å². The van der Waals surface area contributed by atoms with E-state index in [2.05, 4.69) is 4.98 Å². The van der Waals surface area contributed by atoms with Crippen molar-refractivity contribution in [3.63, 3.8) is 0 Å². The number of hydrogen-bond acceptors (Lipinski definition) is 3. The Bertz CT molecular complexity index is 514. The van der Waals surface area contributed by atoms with Gasteiger partial charge in [0.05, 0.1) is 7.11 Å². The Kier molecular flexibility index (Phi) is 2.72. The summed E-state index contributed by atoms with van der Waals surface area (Å²) in [7, 11) is 1.56. The lowest BCUT2D eigenvalue weighted by Gasteiger charge is -2.09. The third-order valence-electron chi connectivity index (χ3n) is 2.26. The largest absolute Gasteiger partial charge is 0.494 e. The van der Waals surface area contributed by atoms with Gasteiger partial charge >= 0.3 is 0 Å². The summed E-state index contributed by atoms with van der Waals surface area (Å²) in [6.07, 6.45) is 1.64. The molecule has 82 valence electrons. The molecule has 0 aliphatic carbocycles. The number of methoxy groups -OCH3 is 1. The van der Waals surface area contributed by atoms with Crippen LogP contribution in [0.3, 0.4) is 0 Å². The molecular formula is C12H11FN2O. The van der Waals surface area contributed by atoms with Crippen molar-refractivity contribution in [2.75, 3.05) is 12.8 Å². The van der Waals surface area contributed by atoms with Gasteiger partial charge in [-0.2, -0.15) is 0 Å². The fourth-order valence-electron chi connectivity index (χ4n) is 1.51. The first kappa shape index (κ1) is 10.4. The molecule has 0 saturated carbocycles. The SMILES string of the molecule is COc1cccnc1-c1ccc(F)cc1N. The molecule has 3 nitrogen and oxygen atoms in total. The van der Waals surface area contributed by atoms with Gasteiger partial charge in [-0.3, -0.25) is 4.98 Å². The number of halogens is 1. The Morgan fingerprint density at radius 1 is 1.31 bits per heavy atom. The minimum Gasteiger partial charge on any atom is -0.494 e. The highest BCUT2D eigenvalue weighted by molar-refractivity contribution is 5.77. The summed E-state index contributed by atoms with van der Waals surface area (Å²) in [5, 5.41) is 0. The van der Waals surface area contributed by atoms with Crippen LogP contribution >= 0.6 is 0 Å². The van der Waals surface area contributed by atoms with Gasteiger partial charge in [-0.05, 0) is 30.3 Å². The highest BCUT2D eigenvalue weighted by atomic mass is 19.1. The molecule has 0 atom stereocenters. The minimum absolute atomic E-state index is 0.344. The third kappa shape index (κ3) is 1.82. The molecule has 4 heteroatoms. The maximum Gasteiger partial charge on any atom is 0.145 e. The summed E-state index contributed by atoms with van der Waals surface area (Å²) in [4.78, 5) is 4.18. The normalized spacial score (nSPS) is 10.1. The third-order valence-corrected chi connectivity index (χ3v) is 2.26. The van der Waals surface area contributed by atoms with Crippen LogP contribution < -0.4 is 10.5 Å². The predicted molar refractivity (Wildman–Crippen MR) is 60.6 cm³/mol. The van der Waals surface area contributed by atoms with E-state index in [1.54, 1.807) is 31.5 Å². The van der Waals surface area contributed by atoms with Crippen LogP contribution in [0.4, 0.5) is 10.1 Å². The standard InChI is InChI=1S/C12H11FN2O/c1-16-11-3-2-6-15-12(11)9-5-4-8(13)7-10(9)14/h2-7H,14H2,1H3. The highest BCUT2D eigenvalue weighted by Gasteiger charge is 2.10. The number of hydrogen-bond donors (Lipinski definition) is 1. The van der Waals surface area contributed by atoms with E-state index in [0.29, 0.717) is 22.7 Å². The zero-order valence-electron chi connectivity index (χ0n) is 8.77. The molecule has 1 aromatic heterocycles. The van der Waals surface area contributed by atoms with Crippen LogP contribution in [0.15, 0.2) is 36.5 Å². The second kappa shape index (κ2) is 4.18. The van der Waals surface area contributed by atoms with Gasteiger partial charge in [0.2, 0.25) is 0 Å². The number of nitrogens with zero attached hydrogens (tertiary/aromatic N) is 1. The minimum atomic E-state index is -0.365. The maximum atomic E-state index is 12.9. The molecule has 2 N–H and O–H groups in total. The number of nitrogens with two attached hydrogens (primary N) is 1. The van der Waals surface area contributed by atoms with Gasteiger partial charge in [-0.25, -0.2) is 4.39 Å². The molecule has 0 aliphatic heterocycles. The van der Waals surface area contributed by atoms with Crippen molar-refractivity contribution < 1.29 is 9.13 Å². The Morgan fingerprint density at radius 3 is 2.81 bits per heavy atom. The van der Waals surface area contributed by atoms with Crippen LogP contribution in [0, 0.1) is 5.82 Å². The Labute approximate surface area is 92.7 Å². The fraction of sp³-hybridized carbons (Fsp3) is 0.0833. The van der Waals surface area contributed by atoms with Crippen LogP contribution in [0.25, 0.3) is 11.3 Å². The summed E-state index contributed by atoms with van der Waals surface area (Å²) in [5.74, 6) is 0.247. The summed E-state index contributed by atoms with van der Waals surface area (Å²) in [5.41, 5.74) is 7.36. The number of ether oxygens (including phenoxy) is 1. The number of aromatic nitrogens is 1. The van der Waals surface area contributed by atoms with E-state index >= 15 is 0 Å². The first-order valence-corrected chi connectivity index (χ1v) is 4.77. The quantitative estimate of drug-likeness (QED) is 0.788. The van der Waals surface area contributed by atoms with Crippen molar-refractivity contribution in [3.8, 4) is 17.0 Å². The van der Waals surface area contributed by atoms with Crippen molar-refractivity contribution in [2.45, 2.75) is 0 Å². The molecule has 0 spiro atoms. The molecule has 1 heterocycles. The molecule has 0 saturated heterocycles. The molecular weight excluding hydrogens is 207 g/mol. The van der Waals surface area contributed by atoms with Gasteiger partial charge in [0, 0.05) is 17.4 Å². The Balaban J connectivity index is 2.58. The van der Waals surface area contributed by atoms with E-state index in [4.69, 9.17) is 10.5 Å². The monoisotopic (exact) mass is 218 g/mol. The molecule has 0 fully saturated rings. The first-order valence-electron chi connectivity index (χ1n) is 4.77. The molecule has 0 radical (unpaired) electrons. The lowest BCUT2D eigenvalue weighted by molar-refractivity contribution is 0.415. The van der Waals surface area contributed by atoms with Crippen LogP contribution in [-0.2, 0) is 0 Å². The first-order chi connectivity index (χ1) is 7.72. The fourth-order valence-corrected chi connectivity index (χ4v) is 1.51. The van der Waals surface area contributed by atoms with Gasteiger partial charge in [0.1, 0.15) is 17.3 Å². The summed E-state index contributed by atoms with van der Waals surface area (Å²) < 4.78 is 18.1. The van der Waals surface area contributed by atoms with E-state index in [1.165, 1.54) is 12.1 Å². The van der Waals surface area contributed by atoms with Crippen LogP contribution in [0.1, 0.15) is 0 Å².